The minimum Gasteiger partial charge on any atom is -0.341 e. The topological polar surface area (TPSA) is 46.3 Å². The molecule has 17 heavy (non-hydrogen) atoms. The molecule has 0 aromatic carbocycles. The normalized spacial score (nSPS) is 26.6. The largest absolute Gasteiger partial charge is 0.341 e. The Morgan fingerprint density at radius 1 is 1.35 bits per heavy atom. The third kappa shape index (κ3) is 4.30. The number of likely N-dealkylation sites (N-methyl/N-ethyl adjacent to an activating group) is 1. The molecule has 0 saturated heterocycles. The molecular weight excluding hydrogens is 212 g/mol. The summed E-state index contributed by atoms with van der Waals surface area (Å²) in [6.45, 7) is 4.43. The van der Waals surface area contributed by atoms with Crippen LogP contribution in [0.3, 0.4) is 0 Å². The molecule has 3 heteroatoms. The van der Waals surface area contributed by atoms with E-state index in [0.29, 0.717) is 6.04 Å². The number of unbranched alkanes of at least 4 members (excludes halogenated alkanes) is 1. The molecular formula is C14H28N2O. The smallest absolute Gasteiger partial charge is 0.239 e. The summed E-state index contributed by atoms with van der Waals surface area (Å²) in [5.41, 5.74) is 5.95. The van der Waals surface area contributed by atoms with Crippen molar-refractivity contribution in [2.45, 2.75) is 70.9 Å². The quantitative estimate of drug-likeness (QED) is 0.802. The predicted molar refractivity (Wildman–Crippen MR) is 71.7 cm³/mol. The lowest BCUT2D eigenvalue weighted by atomic mass is 9.86. The van der Waals surface area contributed by atoms with Crippen LogP contribution in [0.25, 0.3) is 0 Å². The Hall–Kier alpha value is -0.570. The van der Waals surface area contributed by atoms with Crippen molar-refractivity contribution in [3.05, 3.63) is 0 Å². The fourth-order valence-corrected chi connectivity index (χ4v) is 2.62. The SMILES string of the molecule is CCCC[C@H](N)C(=O)N(C)C1CCC(C)CC1. The Morgan fingerprint density at radius 3 is 2.47 bits per heavy atom. The number of nitrogens with two attached hydrogens (primary N) is 1. The molecule has 1 fully saturated rings. The van der Waals surface area contributed by atoms with Gasteiger partial charge in [-0.2, -0.15) is 0 Å². The molecule has 0 aromatic heterocycles. The third-order valence-electron chi connectivity index (χ3n) is 4.07. The highest BCUT2D eigenvalue weighted by Gasteiger charge is 2.27. The molecule has 2 N–H and O–H groups in total. The number of nitrogens with zero attached hydrogens (tertiary/aromatic N) is 1. The predicted octanol–water partition coefficient (Wildman–Crippen LogP) is 2.54. The van der Waals surface area contributed by atoms with Crippen LogP contribution in [0.5, 0.6) is 0 Å². The second-order valence-corrected chi connectivity index (χ2v) is 5.61. The van der Waals surface area contributed by atoms with Crippen molar-refractivity contribution in [1.82, 2.24) is 4.90 Å². The zero-order valence-electron chi connectivity index (χ0n) is 11.6. The van der Waals surface area contributed by atoms with E-state index >= 15 is 0 Å². The van der Waals surface area contributed by atoms with E-state index in [4.69, 9.17) is 5.73 Å². The van der Waals surface area contributed by atoms with Crippen molar-refractivity contribution in [1.29, 1.82) is 0 Å². The van der Waals surface area contributed by atoms with Crippen LogP contribution in [0.1, 0.15) is 58.8 Å². The van der Waals surface area contributed by atoms with Gasteiger partial charge < -0.3 is 10.6 Å². The Morgan fingerprint density at radius 2 is 1.94 bits per heavy atom. The van der Waals surface area contributed by atoms with Crippen LogP contribution >= 0.6 is 0 Å². The Labute approximate surface area is 106 Å². The summed E-state index contributed by atoms with van der Waals surface area (Å²) in [5, 5.41) is 0. The number of amides is 1. The molecule has 1 atom stereocenters. The van der Waals surface area contributed by atoms with E-state index in [0.717, 1.165) is 38.0 Å². The Balaban J connectivity index is 2.40. The summed E-state index contributed by atoms with van der Waals surface area (Å²) in [7, 11) is 1.93. The van der Waals surface area contributed by atoms with Crippen molar-refractivity contribution in [3.63, 3.8) is 0 Å². The average molecular weight is 240 g/mol. The lowest BCUT2D eigenvalue weighted by Gasteiger charge is -2.34. The maximum atomic E-state index is 12.1. The number of hydrogen-bond acceptors (Lipinski definition) is 2. The molecule has 3 nitrogen and oxygen atoms in total. The molecule has 0 unspecified atom stereocenters. The summed E-state index contributed by atoms with van der Waals surface area (Å²) in [5.74, 6) is 0.960. The number of rotatable bonds is 5. The molecule has 1 rings (SSSR count). The molecule has 100 valence electrons. The van der Waals surface area contributed by atoms with Gasteiger partial charge >= 0.3 is 0 Å². The van der Waals surface area contributed by atoms with E-state index in [1.807, 2.05) is 11.9 Å². The van der Waals surface area contributed by atoms with Gasteiger partial charge in [0, 0.05) is 13.1 Å². The van der Waals surface area contributed by atoms with E-state index < -0.39 is 0 Å². The van der Waals surface area contributed by atoms with Crippen molar-refractivity contribution in [2.75, 3.05) is 7.05 Å². The first-order valence-electron chi connectivity index (χ1n) is 7.08. The fourth-order valence-electron chi connectivity index (χ4n) is 2.62. The van der Waals surface area contributed by atoms with Gasteiger partial charge in [-0.15, -0.1) is 0 Å². The zero-order chi connectivity index (χ0) is 12.8. The van der Waals surface area contributed by atoms with Crippen LogP contribution in [0.2, 0.25) is 0 Å². The molecule has 1 saturated carbocycles. The molecule has 0 aromatic rings. The molecule has 0 bridgehead atoms. The Bertz CT molecular complexity index is 234. The van der Waals surface area contributed by atoms with Crippen LogP contribution in [0.15, 0.2) is 0 Å². The van der Waals surface area contributed by atoms with Crippen LogP contribution < -0.4 is 5.73 Å². The van der Waals surface area contributed by atoms with Crippen LogP contribution in [-0.2, 0) is 4.79 Å². The van der Waals surface area contributed by atoms with E-state index in [2.05, 4.69) is 13.8 Å². The minimum atomic E-state index is -0.292. The molecule has 1 amide bonds. The van der Waals surface area contributed by atoms with Gasteiger partial charge in [-0.25, -0.2) is 0 Å². The maximum Gasteiger partial charge on any atom is 0.239 e. The molecule has 1 aliphatic rings. The van der Waals surface area contributed by atoms with Gasteiger partial charge in [0.1, 0.15) is 0 Å². The first-order valence-corrected chi connectivity index (χ1v) is 7.08. The summed E-state index contributed by atoms with van der Waals surface area (Å²) in [6.07, 6.45) is 7.74. The van der Waals surface area contributed by atoms with Gasteiger partial charge in [0.2, 0.25) is 5.91 Å². The third-order valence-corrected chi connectivity index (χ3v) is 4.07. The van der Waals surface area contributed by atoms with Crippen molar-refractivity contribution >= 4 is 5.91 Å². The highest BCUT2D eigenvalue weighted by Crippen LogP contribution is 2.26. The standard InChI is InChI=1S/C14H28N2O/c1-4-5-6-13(15)14(17)16(3)12-9-7-11(2)8-10-12/h11-13H,4-10,15H2,1-3H3/t11?,12?,13-/m0/s1. The van der Waals surface area contributed by atoms with Crippen LogP contribution in [0.4, 0.5) is 0 Å². The zero-order valence-corrected chi connectivity index (χ0v) is 11.6. The second kappa shape index (κ2) is 7.00. The van der Waals surface area contributed by atoms with Gasteiger partial charge in [0.25, 0.3) is 0 Å². The molecule has 0 radical (unpaired) electrons. The molecule has 1 aliphatic carbocycles. The summed E-state index contributed by atoms with van der Waals surface area (Å²) >= 11 is 0. The van der Waals surface area contributed by atoms with Crippen molar-refractivity contribution in [3.8, 4) is 0 Å². The van der Waals surface area contributed by atoms with Crippen molar-refractivity contribution in [2.24, 2.45) is 11.7 Å². The van der Waals surface area contributed by atoms with E-state index in [1.54, 1.807) is 0 Å². The van der Waals surface area contributed by atoms with E-state index in [-0.39, 0.29) is 11.9 Å². The highest BCUT2D eigenvalue weighted by molar-refractivity contribution is 5.81. The highest BCUT2D eigenvalue weighted by atomic mass is 16.2. The minimum absolute atomic E-state index is 0.137. The van der Waals surface area contributed by atoms with Gasteiger partial charge in [-0.1, -0.05) is 26.7 Å². The average Bonchev–Trinajstić information content (AvgIpc) is 2.35. The lowest BCUT2D eigenvalue weighted by Crippen LogP contribution is -2.47. The maximum absolute atomic E-state index is 12.1. The second-order valence-electron chi connectivity index (χ2n) is 5.61. The monoisotopic (exact) mass is 240 g/mol. The molecule has 0 spiro atoms. The summed E-state index contributed by atoms with van der Waals surface area (Å²) < 4.78 is 0. The first-order chi connectivity index (χ1) is 8.06. The fraction of sp³-hybridized carbons (Fsp3) is 0.929. The summed E-state index contributed by atoms with van der Waals surface area (Å²) in [4.78, 5) is 14.0. The van der Waals surface area contributed by atoms with Crippen molar-refractivity contribution < 1.29 is 4.79 Å². The lowest BCUT2D eigenvalue weighted by molar-refractivity contribution is -0.134. The number of carbonyl (C=O) groups is 1. The van der Waals surface area contributed by atoms with E-state index in [9.17, 15) is 4.79 Å². The van der Waals surface area contributed by atoms with Gasteiger partial charge in [-0.3, -0.25) is 4.79 Å². The molecule has 0 aliphatic heterocycles. The molecule has 0 heterocycles. The number of carbonyl (C=O) groups excluding carboxylic acids is 1. The first kappa shape index (κ1) is 14.5. The Kier molecular flexibility index (Phi) is 5.96. The summed E-state index contributed by atoms with van der Waals surface area (Å²) in [6, 6.07) is 0.130. The van der Waals surface area contributed by atoms with Crippen LogP contribution in [0, 0.1) is 5.92 Å². The van der Waals surface area contributed by atoms with Crippen LogP contribution in [-0.4, -0.2) is 29.9 Å². The van der Waals surface area contributed by atoms with Gasteiger partial charge in [0.05, 0.1) is 6.04 Å². The van der Waals surface area contributed by atoms with Gasteiger partial charge in [-0.05, 0) is 38.0 Å². The van der Waals surface area contributed by atoms with E-state index in [1.165, 1.54) is 12.8 Å². The van der Waals surface area contributed by atoms with Gasteiger partial charge in [0.15, 0.2) is 0 Å². The number of hydrogen-bond donors (Lipinski definition) is 1.